The Morgan fingerprint density at radius 2 is 1.00 bits per heavy atom. The summed E-state index contributed by atoms with van der Waals surface area (Å²) in [5.74, 6) is -1.33. The second-order valence-corrected chi connectivity index (χ2v) is 16.2. The maximum absolute atomic E-state index is 13.7. The first-order chi connectivity index (χ1) is 36.6. The van der Waals surface area contributed by atoms with Crippen molar-refractivity contribution < 1.29 is 35.8 Å². The van der Waals surface area contributed by atoms with E-state index >= 15 is 0 Å². The molecule has 0 amide bonds. The number of benzene rings is 5. The molecule has 7 aromatic rings. The van der Waals surface area contributed by atoms with Gasteiger partial charge in [-0.3, -0.25) is 9.97 Å². The summed E-state index contributed by atoms with van der Waals surface area (Å²) in [6.45, 7) is 33.7. The molecule has 358 valence electrons. The highest BCUT2D eigenvalue weighted by Gasteiger charge is 2.45. The van der Waals surface area contributed by atoms with Crippen LogP contribution < -0.4 is 9.47 Å². The summed E-state index contributed by atoms with van der Waals surface area (Å²) in [7, 11) is 0. The van der Waals surface area contributed by atoms with Gasteiger partial charge in [0.1, 0.15) is 23.6 Å². The van der Waals surface area contributed by atoms with Crippen LogP contribution in [0.15, 0.2) is 134 Å². The van der Waals surface area contributed by atoms with Crippen LogP contribution in [0.3, 0.4) is 0 Å². The highest BCUT2D eigenvalue weighted by atomic mass is 19.4. The topological polar surface area (TPSA) is 157 Å². The Labute approximate surface area is 427 Å². The first-order valence-corrected chi connectivity index (χ1v) is 21.8. The van der Waals surface area contributed by atoms with Crippen LogP contribution in [0.4, 0.5) is 37.7 Å². The molecule has 12 nitrogen and oxygen atoms in total. The van der Waals surface area contributed by atoms with Crippen LogP contribution in [0.2, 0.25) is 0 Å². The predicted octanol–water partition coefficient (Wildman–Crippen LogP) is 14.9. The van der Waals surface area contributed by atoms with E-state index in [1.54, 1.807) is 24.3 Å². The fraction of sp³-hybridized carbons (Fsp3) is 0.0345. The Kier molecular flexibility index (Phi) is 12.7. The predicted molar refractivity (Wildman–Crippen MR) is 266 cm³/mol. The van der Waals surface area contributed by atoms with Crippen molar-refractivity contribution in [3.05, 3.63) is 235 Å². The Balaban J connectivity index is 1.63. The lowest BCUT2D eigenvalue weighted by Gasteiger charge is -2.25. The number of hydrogen-bond acceptors (Lipinski definition) is 8. The molecular weight excluding hydrogens is 983 g/mol. The van der Waals surface area contributed by atoms with E-state index in [4.69, 9.17) is 26.3 Å². The van der Waals surface area contributed by atoms with Crippen LogP contribution in [-0.4, -0.2) is 22.7 Å². The Bertz CT molecular complexity index is 3810. The fourth-order valence-electron chi connectivity index (χ4n) is 9.23. The molecule has 0 saturated carbocycles. The molecule has 0 unspecified atom stereocenters. The lowest BCUT2D eigenvalue weighted by Crippen LogP contribution is -2.17. The summed E-state index contributed by atoms with van der Waals surface area (Å²) in [5, 5.41) is 43.5. The van der Waals surface area contributed by atoms with Crippen molar-refractivity contribution >= 4 is 56.2 Å². The number of aromatic nitrogens is 2. The van der Waals surface area contributed by atoms with Gasteiger partial charge in [-0.1, -0.05) is 54.6 Å². The van der Waals surface area contributed by atoms with Gasteiger partial charge in [0.05, 0.1) is 72.1 Å². The van der Waals surface area contributed by atoms with E-state index in [1.165, 1.54) is 85.2 Å². The maximum atomic E-state index is 13.7. The smallest absolute Gasteiger partial charge is 0.406 e. The molecule has 5 aromatic carbocycles. The van der Waals surface area contributed by atoms with E-state index in [1.807, 2.05) is 12.1 Å². The van der Waals surface area contributed by atoms with Gasteiger partial charge < -0.3 is 9.47 Å². The molecule has 2 heterocycles. The highest BCUT2D eigenvalue weighted by molar-refractivity contribution is 6.38. The van der Waals surface area contributed by atoms with Crippen molar-refractivity contribution in [2.75, 3.05) is 0 Å². The molecule has 0 N–H and O–H groups in total. The average Bonchev–Trinajstić information content (AvgIpc) is 4.12. The normalized spacial score (nSPS) is 13.8. The zero-order valence-corrected chi connectivity index (χ0v) is 38.3. The van der Waals surface area contributed by atoms with Gasteiger partial charge in [-0.2, -0.15) is 21.0 Å². The van der Waals surface area contributed by atoms with Crippen molar-refractivity contribution in [2.24, 2.45) is 0 Å². The van der Waals surface area contributed by atoms with E-state index in [0.29, 0.717) is 0 Å². The largest absolute Gasteiger partial charge is 0.573 e. The first-order valence-electron chi connectivity index (χ1n) is 21.8. The number of ether oxygens (including phenoxy) is 2. The second-order valence-electron chi connectivity index (χ2n) is 16.2. The van der Waals surface area contributed by atoms with Crippen LogP contribution in [0.1, 0.15) is 55.9 Å². The van der Waals surface area contributed by atoms with Gasteiger partial charge in [-0.15, -0.1) is 26.3 Å². The van der Waals surface area contributed by atoms with Crippen LogP contribution in [0.25, 0.3) is 86.5 Å². The lowest BCUT2D eigenvalue weighted by molar-refractivity contribution is -0.275. The second kappa shape index (κ2) is 19.6. The van der Waals surface area contributed by atoms with Gasteiger partial charge in [-0.05, 0) is 122 Å². The molecule has 0 atom stereocenters. The Morgan fingerprint density at radius 3 is 1.42 bits per heavy atom. The molecule has 0 aliphatic heterocycles. The first kappa shape index (κ1) is 49.4. The van der Waals surface area contributed by atoms with Gasteiger partial charge in [0.2, 0.25) is 11.4 Å². The average molecular weight is 1000 g/mol. The third-order valence-electron chi connectivity index (χ3n) is 11.9. The minimum Gasteiger partial charge on any atom is -0.406 e. The van der Waals surface area contributed by atoms with E-state index < -0.39 is 24.2 Å². The summed E-state index contributed by atoms with van der Waals surface area (Å²) in [6.07, 6.45) is -7.48. The van der Waals surface area contributed by atoms with E-state index in [-0.39, 0.29) is 134 Å². The number of alkyl halides is 6. The molecule has 9 rings (SSSR count). The van der Waals surface area contributed by atoms with E-state index in [9.17, 15) is 47.4 Å². The van der Waals surface area contributed by atoms with Crippen LogP contribution in [0, 0.1) is 71.6 Å². The molecule has 0 saturated heterocycles. The number of halogens is 6. The van der Waals surface area contributed by atoms with Crippen LogP contribution in [0.5, 0.6) is 11.5 Å². The third-order valence-corrected chi connectivity index (χ3v) is 11.9. The lowest BCUT2D eigenvalue weighted by atomic mass is 9.78. The summed E-state index contributed by atoms with van der Waals surface area (Å²) in [5.41, 5.74) is -1.47. The molecule has 0 bridgehead atoms. The maximum Gasteiger partial charge on any atom is 0.573 e. The van der Waals surface area contributed by atoms with E-state index in [2.05, 4.69) is 51.0 Å². The third kappa shape index (κ3) is 8.94. The molecule has 76 heavy (non-hydrogen) atoms. The summed E-state index contributed by atoms with van der Waals surface area (Å²) >= 11 is 0. The number of pyridine rings is 2. The van der Waals surface area contributed by atoms with Crippen molar-refractivity contribution in [3.63, 3.8) is 0 Å². The molecule has 0 spiro atoms. The summed E-state index contributed by atoms with van der Waals surface area (Å²) in [4.78, 5) is 24.3. The molecule has 18 heteroatoms. The number of nitriles is 4. The van der Waals surface area contributed by atoms with E-state index in [0.717, 1.165) is 24.3 Å². The van der Waals surface area contributed by atoms with Gasteiger partial charge in [0, 0.05) is 34.7 Å². The number of fused-ring (bicyclic) bond motifs is 2. The van der Waals surface area contributed by atoms with Gasteiger partial charge in [0.25, 0.3) is 0 Å². The van der Waals surface area contributed by atoms with Gasteiger partial charge in [-0.25, -0.2) is 19.4 Å². The zero-order valence-electron chi connectivity index (χ0n) is 38.3. The number of rotatable bonds is 8. The molecule has 2 aromatic heterocycles. The molecule has 2 aliphatic rings. The number of allylic oxidation sites excluding steroid dienone is 6. The molecule has 2 aliphatic carbocycles. The van der Waals surface area contributed by atoms with Gasteiger partial charge >= 0.3 is 12.7 Å². The van der Waals surface area contributed by atoms with Gasteiger partial charge in [0.15, 0.2) is 11.4 Å². The zero-order chi connectivity index (χ0) is 54.1. The SMILES string of the molecule is [C-]#[N+]C1=C(c2ccccn2)/C(=C(/C#N)c2cc([N+]#[C-])cc([N+]#[C-])c2)c2c1c(-c1ccc(OC(F)(F)F)cc1)c1c(c2-c2ccc(OC(F)(F)F)cc2)C(C#N)=C(c2ccccn2)/C1=C(/[N+]#[C-])c1cc(C#N)cc(C#N)c1. The molecular formula is C58H22F6N10O2. The Morgan fingerprint density at radius 1 is 0.500 bits per heavy atom. The highest BCUT2D eigenvalue weighted by Crippen LogP contribution is 2.63. The minimum atomic E-state index is -5.14. The van der Waals surface area contributed by atoms with Crippen molar-refractivity contribution in [2.45, 2.75) is 12.7 Å². The van der Waals surface area contributed by atoms with Crippen molar-refractivity contribution in [1.82, 2.24) is 9.97 Å². The van der Waals surface area contributed by atoms with Crippen molar-refractivity contribution in [1.29, 1.82) is 21.0 Å². The Hall–Kier alpha value is -11.5. The van der Waals surface area contributed by atoms with Crippen LogP contribution in [-0.2, 0) is 0 Å². The number of nitrogens with zero attached hydrogens (tertiary/aromatic N) is 10. The fourth-order valence-corrected chi connectivity index (χ4v) is 9.23. The molecule has 0 fully saturated rings. The minimum absolute atomic E-state index is 0.00459. The summed E-state index contributed by atoms with van der Waals surface area (Å²) < 4.78 is 91.0. The number of hydrogen-bond donors (Lipinski definition) is 0. The quantitative estimate of drug-likeness (QED) is 0.0827. The standard InChI is InChI=1S/C58H22F6N10O2/c1-69-37-24-35(25-38(26-37)70-2)41(29-67)48-50(44-10-6-8-20-74-44)56(72-4)53-46(34-13-17-40(18-14-34)76-58(62,63)64)52-49(45(51(48)53)33-11-15-39(16-12-33)75-57(59,60)61)42(30-68)47(43-9-5-7-19-73-43)54(52)55(71-3)36-22-31(27-65)21-32(23-36)28-66/h5-26H/b48-41+,55-54-. The summed E-state index contributed by atoms with van der Waals surface area (Å²) in [6, 6.07) is 34.6. The monoisotopic (exact) mass is 1000 g/mol. The van der Waals surface area contributed by atoms with Crippen LogP contribution >= 0.6 is 0 Å². The molecule has 0 radical (unpaired) electrons. The van der Waals surface area contributed by atoms with Crippen molar-refractivity contribution in [3.8, 4) is 58.0 Å².